The van der Waals surface area contributed by atoms with Crippen LogP contribution in [-0.2, 0) is 16.1 Å². The van der Waals surface area contributed by atoms with E-state index in [9.17, 15) is 4.79 Å². The molecule has 0 radical (unpaired) electrons. The van der Waals surface area contributed by atoms with Crippen LogP contribution in [0.1, 0.15) is 24.0 Å². The predicted molar refractivity (Wildman–Crippen MR) is 75.3 cm³/mol. The predicted octanol–water partition coefficient (Wildman–Crippen LogP) is 1.36. The Bertz CT molecular complexity index is 421. The lowest BCUT2D eigenvalue weighted by atomic mass is 10.1. The average Bonchev–Trinajstić information content (AvgIpc) is 2.37. The molecule has 4 nitrogen and oxygen atoms in total. The van der Waals surface area contributed by atoms with Crippen molar-refractivity contribution < 1.29 is 9.53 Å². The third kappa shape index (κ3) is 5.25. The maximum Gasteiger partial charge on any atom is 0.220 e. The quantitative estimate of drug-likeness (QED) is 0.578. The van der Waals surface area contributed by atoms with E-state index in [1.807, 2.05) is 24.3 Å². The van der Waals surface area contributed by atoms with Crippen LogP contribution >= 0.6 is 12.2 Å². The van der Waals surface area contributed by atoms with E-state index >= 15 is 0 Å². The van der Waals surface area contributed by atoms with E-state index in [-0.39, 0.29) is 5.91 Å². The number of nitrogens with two attached hydrogens (primary N) is 1. The Labute approximate surface area is 113 Å². The zero-order valence-electron chi connectivity index (χ0n) is 10.4. The van der Waals surface area contributed by atoms with Gasteiger partial charge in [-0.1, -0.05) is 30.4 Å². The van der Waals surface area contributed by atoms with Gasteiger partial charge >= 0.3 is 0 Å². The number of ether oxygens (including phenoxy) is 1. The van der Waals surface area contributed by atoms with Gasteiger partial charge in [0.25, 0.3) is 0 Å². The highest BCUT2D eigenvalue weighted by Gasteiger charge is 2.02. The first-order valence-corrected chi connectivity index (χ1v) is 6.18. The lowest BCUT2D eigenvalue weighted by Gasteiger charge is -2.06. The van der Waals surface area contributed by atoms with Crippen molar-refractivity contribution in [2.45, 2.75) is 19.4 Å². The lowest BCUT2D eigenvalue weighted by Crippen LogP contribution is -2.23. The molecule has 0 spiro atoms. The molecule has 0 aliphatic heterocycles. The van der Waals surface area contributed by atoms with Crippen molar-refractivity contribution in [3.05, 3.63) is 35.4 Å². The van der Waals surface area contributed by atoms with Crippen molar-refractivity contribution in [2.75, 3.05) is 13.7 Å². The van der Waals surface area contributed by atoms with E-state index in [2.05, 4.69) is 5.32 Å². The highest BCUT2D eigenvalue weighted by molar-refractivity contribution is 7.80. The number of carbonyl (C=O) groups is 1. The van der Waals surface area contributed by atoms with Crippen molar-refractivity contribution in [3.8, 4) is 0 Å². The topological polar surface area (TPSA) is 64.3 Å². The summed E-state index contributed by atoms with van der Waals surface area (Å²) >= 11 is 4.90. The number of hydrogen-bond donors (Lipinski definition) is 2. The van der Waals surface area contributed by atoms with E-state index < -0.39 is 0 Å². The summed E-state index contributed by atoms with van der Waals surface area (Å²) in [6.45, 7) is 1.09. The molecule has 1 amide bonds. The summed E-state index contributed by atoms with van der Waals surface area (Å²) in [4.78, 5) is 11.9. The van der Waals surface area contributed by atoms with Gasteiger partial charge in [-0.2, -0.15) is 0 Å². The van der Waals surface area contributed by atoms with Crippen LogP contribution in [0.4, 0.5) is 0 Å². The van der Waals surface area contributed by atoms with Crippen LogP contribution < -0.4 is 11.1 Å². The van der Waals surface area contributed by atoms with E-state index in [1.165, 1.54) is 0 Å². The second-order valence-corrected chi connectivity index (χ2v) is 4.38. The van der Waals surface area contributed by atoms with Crippen molar-refractivity contribution in [2.24, 2.45) is 5.73 Å². The zero-order valence-corrected chi connectivity index (χ0v) is 11.3. The first kappa shape index (κ1) is 14.6. The minimum atomic E-state index is 0.0211. The Kier molecular flexibility index (Phi) is 6.32. The van der Waals surface area contributed by atoms with E-state index in [0.717, 1.165) is 17.5 Å². The number of nitrogens with one attached hydrogen (secondary N) is 1. The van der Waals surface area contributed by atoms with E-state index in [1.54, 1.807) is 7.11 Å². The SMILES string of the molecule is COCCCC(=O)NCc1cccc(C(N)=S)c1. The van der Waals surface area contributed by atoms with Crippen LogP contribution in [0, 0.1) is 0 Å². The molecular weight excluding hydrogens is 248 g/mol. The van der Waals surface area contributed by atoms with Crippen LogP contribution in [0.3, 0.4) is 0 Å². The van der Waals surface area contributed by atoms with Gasteiger partial charge < -0.3 is 15.8 Å². The molecule has 0 aromatic heterocycles. The van der Waals surface area contributed by atoms with E-state index in [0.29, 0.717) is 24.6 Å². The first-order chi connectivity index (χ1) is 8.63. The number of carbonyl (C=O) groups excluding carboxylic acids is 1. The molecule has 1 aromatic rings. The smallest absolute Gasteiger partial charge is 0.220 e. The minimum absolute atomic E-state index is 0.0211. The first-order valence-electron chi connectivity index (χ1n) is 5.78. The molecule has 1 aromatic carbocycles. The molecule has 0 saturated carbocycles. The van der Waals surface area contributed by atoms with Crippen molar-refractivity contribution in [1.29, 1.82) is 0 Å². The molecule has 3 N–H and O–H groups in total. The van der Waals surface area contributed by atoms with Gasteiger partial charge in [0.2, 0.25) is 5.91 Å². The van der Waals surface area contributed by atoms with Gasteiger partial charge in [0.05, 0.1) is 0 Å². The van der Waals surface area contributed by atoms with Gasteiger partial charge in [-0.15, -0.1) is 0 Å². The number of thiocarbonyl (C=S) groups is 1. The Morgan fingerprint density at radius 1 is 1.50 bits per heavy atom. The molecule has 0 fully saturated rings. The molecule has 98 valence electrons. The Hall–Kier alpha value is -1.46. The van der Waals surface area contributed by atoms with Crippen LogP contribution in [-0.4, -0.2) is 24.6 Å². The maximum atomic E-state index is 11.5. The molecule has 18 heavy (non-hydrogen) atoms. The monoisotopic (exact) mass is 266 g/mol. The van der Waals surface area contributed by atoms with Crippen molar-refractivity contribution >= 4 is 23.1 Å². The second-order valence-electron chi connectivity index (χ2n) is 3.94. The van der Waals surface area contributed by atoms with Gasteiger partial charge in [-0.3, -0.25) is 4.79 Å². The minimum Gasteiger partial charge on any atom is -0.389 e. The Morgan fingerprint density at radius 2 is 2.28 bits per heavy atom. The number of methoxy groups -OCH3 is 1. The summed E-state index contributed by atoms with van der Waals surface area (Å²) in [6.07, 6.45) is 1.21. The largest absolute Gasteiger partial charge is 0.389 e. The number of hydrogen-bond acceptors (Lipinski definition) is 3. The zero-order chi connectivity index (χ0) is 13.4. The van der Waals surface area contributed by atoms with E-state index in [4.69, 9.17) is 22.7 Å². The van der Waals surface area contributed by atoms with Crippen molar-refractivity contribution in [3.63, 3.8) is 0 Å². The molecule has 0 bridgehead atoms. The highest BCUT2D eigenvalue weighted by Crippen LogP contribution is 2.05. The summed E-state index contributed by atoms with van der Waals surface area (Å²) in [6, 6.07) is 7.54. The summed E-state index contributed by atoms with van der Waals surface area (Å²) in [7, 11) is 1.62. The fourth-order valence-corrected chi connectivity index (χ4v) is 1.63. The van der Waals surface area contributed by atoms with Gasteiger partial charge in [-0.25, -0.2) is 0 Å². The number of amides is 1. The average molecular weight is 266 g/mol. The fourth-order valence-electron chi connectivity index (χ4n) is 1.50. The summed E-state index contributed by atoms with van der Waals surface area (Å²) < 4.78 is 4.89. The molecule has 5 heteroatoms. The van der Waals surface area contributed by atoms with Gasteiger partial charge in [0.1, 0.15) is 4.99 Å². The molecule has 0 atom stereocenters. The second kappa shape index (κ2) is 7.79. The summed E-state index contributed by atoms with van der Waals surface area (Å²) in [5, 5.41) is 2.85. The molecule has 0 unspecified atom stereocenters. The standard InChI is InChI=1S/C13H18N2O2S/c1-17-7-3-6-12(16)15-9-10-4-2-5-11(8-10)13(14)18/h2,4-5,8H,3,6-7,9H2,1H3,(H2,14,18)(H,15,16). The van der Waals surface area contributed by atoms with Crippen LogP contribution in [0.5, 0.6) is 0 Å². The highest BCUT2D eigenvalue weighted by atomic mass is 32.1. The molecule has 0 aliphatic carbocycles. The fraction of sp³-hybridized carbons (Fsp3) is 0.385. The lowest BCUT2D eigenvalue weighted by molar-refractivity contribution is -0.121. The van der Waals surface area contributed by atoms with Gasteiger partial charge in [-0.05, 0) is 18.1 Å². The molecule has 0 heterocycles. The van der Waals surface area contributed by atoms with Gasteiger partial charge in [0.15, 0.2) is 0 Å². The maximum absolute atomic E-state index is 11.5. The molecule has 0 aliphatic rings. The van der Waals surface area contributed by atoms with Gasteiger partial charge in [0, 0.05) is 32.2 Å². The van der Waals surface area contributed by atoms with Crippen LogP contribution in [0.2, 0.25) is 0 Å². The summed E-state index contributed by atoms with van der Waals surface area (Å²) in [5.41, 5.74) is 7.35. The molecular formula is C13H18N2O2S. The number of benzene rings is 1. The molecule has 0 saturated heterocycles. The summed E-state index contributed by atoms with van der Waals surface area (Å²) in [5.74, 6) is 0.0211. The van der Waals surface area contributed by atoms with Crippen LogP contribution in [0.25, 0.3) is 0 Å². The third-order valence-electron chi connectivity index (χ3n) is 2.45. The van der Waals surface area contributed by atoms with Crippen LogP contribution in [0.15, 0.2) is 24.3 Å². The molecule has 1 rings (SSSR count). The Balaban J connectivity index is 2.41. The normalized spacial score (nSPS) is 10.1. The van der Waals surface area contributed by atoms with Crippen molar-refractivity contribution in [1.82, 2.24) is 5.32 Å². The third-order valence-corrected chi connectivity index (χ3v) is 2.69. The Morgan fingerprint density at radius 3 is 2.94 bits per heavy atom. The number of rotatable bonds is 7.